The molecule has 164 valence electrons. The highest BCUT2D eigenvalue weighted by Gasteiger charge is 2.22. The van der Waals surface area contributed by atoms with Gasteiger partial charge in [-0.1, -0.05) is 30.3 Å². The van der Waals surface area contributed by atoms with E-state index < -0.39 is 0 Å². The molecule has 32 heavy (non-hydrogen) atoms. The maximum absolute atomic E-state index is 13.0. The first-order valence-electron chi connectivity index (χ1n) is 10.8. The zero-order valence-electron chi connectivity index (χ0n) is 17.9. The van der Waals surface area contributed by atoms with Crippen LogP contribution in [0.5, 0.6) is 0 Å². The first-order chi connectivity index (χ1) is 15.7. The van der Waals surface area contributed by atoms with Gasteiger partial charge < -0.3 is 19.0 Å². The van der Waals surface area contributed by atoms with E-state index in [2.05, 4.69) is 22.0 Å². The Morgan fingerprint density at radius 3 is 2.88 bits per heavy atom. The van der Waals surface area contributed by atoms with E-state index in [9.17, 15) is 4.79 Å². The molecule has 1 amide bonds. The second-order valence-electron chi connectivity index (χ2n) is 7.94. The number of benzene rings is 1. The van der Waals surface area contributed by atoms with E-state index in [0.717, 1.165) is 52.9 Å². The number of ether oxygens (including phenoxy) is 1. The van der Waals surface area contributed by atoms with E-state index >= 15 is 0 Å². The minimum Gasteiger partial charge on any atom is -0.467 e. The quantitative estimate of drug-likeness (QED) is 0.426. The molecule has 0 saturated carbocycles. The molecule has 4 heterocycles. The maximum Gasteiger partial charge on any atom is 0.253 e. The minimum atomic E-state index is -0.0871. The highest BCUT2D eigenvalue weighted by Crippen LogP contribution is 2.32. The van der Waals surface area contributed by atoms with Crippen molar-refractivity contribution in [2.45, 2.75) is 32.4 Å². The SMILES string of the molecule is Cc1c(C(=O)NCC2CCCO2)cc(-c2csc(-c3ccccc3)n2)n1Cc1ccco1. The van der Waals surface area contributed by atoms with Gasteiger partial charge in [0.2, 0.25) is 0 Å². The van der Waals surface area contributed by atoms with Crippen molar-refractivity contribution in [3.8, 4) is 22.0 Å². The zero-order chi connectivity index (χ0) is 21.9. The highest BCUT2D eigenvalue weighted by atomic mass is 32.1. The molecule has 1 N–H and O–H groups in total. The molecule has 0 spiro atoms. The summed E-state index contributed by atoms with van der Waals surface area (Å²) in [4.78, 5) is 17.9. The largest absolute Gasteiger partial charge is 0.467 e. The number of nitrogens with zero attached hydrogens (tertiary/aromatic N) is 2. The molecule has 3 aromatic heterocycles. The van der Waals surface area contributed by atoms with Crippen LogP contribution in [0.4, 0.5) is 0 Å². The van der Waals surface area contributed by atoms with Gasteiger partial charge in [-0.05, 0) is 38.0 Å². The van der Waals surface area contributed by atoms with Crippen molar-refractivity contribution in [3.05, 3.63) is 77.2 Å². The van der Waals surface area contributed by atoms with E-state index in [1.807, 2.05) is 48.7 Å². The fraction of sp³-hybridized carbons (Fsp3) is 0.280. The maximum atomic E-state index is 13.0. The number of amides is 1. The van der Waals surface area contributed by atoms with Gasteiger partial charge in [0.25, 0.3) is 5.91 Å². The Morgan fingerprint density at radius 1 is 1.25 bits per heavy atom. The van der Waals surface area contributed by atoms with Crippen molar-refractivity contribution in [2.75, 3.05) is 13.2 Å². The first-order valence-corrected chi connectivity index (χ1v) is 11.7. The molecule has 1 unspecified atom stereocenters. The van der Waals surface area contributed by atoms with Crippen LogP contribution >= 0.6 is 11.3 Å². The Bertz CT molecular complexity index is 1190. The molecule has 0 radical (unpaired) electrons. The number of nitrogens with one attached hydrogen (secondary N) is 1. The molecule has 6 nitrogen and oxygen atoms in total. The lowest BCUT2D eigenvalue weighted by molar-refractivity contribution is 0.0857. The topological polar surface area (TPSA) is 69.3 Å². The summed E-state index contributed by atoms with van der Waals surface area (Å²) in [5.41, 5.74) is 4.37. The fourth-order valence-corrected chi connectivity index (χ4v) is 4.88. The van der Waals surface area contributed by atoms with Crippen LogP contribution in [0.3, 0.4) is 0 Å². The molecule has 0 bridgehead atoms. The van der Waals surface area contributed by atoms with Gasteiger partial charge in [-0.2, -0.15) is 0 Å². The first kappa shape index (κ1) is 20.7. The van der Waals surface area contributed by atoms with Crippen LogP contribution in [0.25, 0.3) is 22.0 Å². The lowest BCUT2D eigenvalue weighted by Crippen LogP contribution is -2.32. The average molecular weight is 448 g/mol. The van der Waals surface area contributed by atoms with E-state index in [4.69, 9.17) is 14.1 Å². The summed E-state index contributed by atoms with van der Waals surface area (Å²) in [6.07, 6.45) is 3.82. The highest BCUT2D eigenvalue weighted by molar-refractivity contribution is 7.13. The summed E-state index contributed by atoms with van der Waals surface area (Å²) < 4.78 is 13.3. The molecule has 7 heteroatoms. The number of hydrogen-bond donors (Lipinski definition) is 1. The molecule has 1 saturated heterocycles. The number of carbonyl (C=O) groups excluding carboxylic acids is 1. The van der Waals surface area contributed by atoms with Crippen LogP contribution in [0.1, 0.15) is 34.7 Å². The number of hydrogen-bond acceptors (Lipinski definition) is 5. The predicted octanol–water partition coefficient (Wildman–Crippen LogP) is 5.14. The van der Waals surface area contributed by atoms with Gasteiger partial charge >= 0.3 is 0 Å². The predicted molar refractivity (Wildman–Crippen MR) is 125 cm³/mol. The van der Waals surface area contributed by atoms with E-state index in [-0.39, 0.29) is 12.0 Å². The van der Waals surface area contributed by atoms with Crippen LogP contribution in [0.15, 0.2) is 64.6 Å². The van der Waals surface area contributed by atoms with Crippen LogP contribution in [0, 0.1) is 6.92 Å². The monoisotopic (exact) mass is 447 g/mol. The molecule has 1 aliphatic rings. The van der Waals surface area contributed by atoms with Crippen LogP contribution < -0.4 is 5.32 Å². The van der Waals surface area contributed by atoms with Crippen molar-refractivity contribution < 1.29 is 13.9 Å². The third-order valence-corrected chi connectivity index (χ3v) is 6.70. The number of rotatable bonds is 7. The van der Waals surface area contributed by atoms with Crippen LogP contribution in [-0.2, 0) is 11.3 Å². The summed E-state index contributed by atoms with van der Waals surface area (Å²) in [7, 11) is 0. The van der Waals surface area contributed by atoms with Gasteiger partial charge in [-0.25, -0.2) is 4.98 Å². The normalized spacial score (nSPS) is 15.8. The Morgan fingerprint density at radius 2 is 2.12 bits per heavy atom. The summed E-state index contributed by atoms with van der Waals surface area (Å²) in [6.45, 7) is 3.81. The summed E-state index contributed by atoms with van der Waals surface area (Å²) >= 11 is 1.60. The summed E-state index contributed by atoms with van der Waals surface area (Å²) in [5.74, 6) is 0.741. The number of aromatic nitrogens is 2. The fourth-order valence-electron chi connectivity index (χ4n) is 4.06. The Hall–Kier alpha value is -3.16. The second kappa shape index (κ2) is 9.14. The van der Waals surface area contributed by atoms with Gasteiger partial charge in [-0.3, -0.25) is 4.79 Å². The zero-order valence-corrected chi connectivity index (χ0v) is 18.7. The molecule has 4 aromatic rings. The van der Waals surface area contributed by atoms with Gasteiger partial charge in [0, 0.05) is 29.8 Å². The van der Waals surface area contributed by atoms with Crippen molar-refractivity contribution >= 4 is 17.2 Å². The van der Waals surface area contributed by atoms with Gasteiger partial charge in [-0.15, -0.1) is 11.3 Å². The average Bonchev–Trinajstić information content (AvgIpc) is 3.62. The number of furan rings is 1. The van der Waals surface area contributed by atoms with Gasteiger partial charge in [0.15, 0.2) is 0 Å². The third kappa shape index (κ3) is 4.26. The summed E-state index contributed by atoms with van der Waals surface area (Å²) in [5, 5.41) is 6.04. The van der Waals surface area contributed by atoms with Crippen molar-refractivity contribution in [1.29, 1.82) is 0 Å². The van der Waals surface area contributed by atoms with Gasteiger partial charge in [0.05, 0.1) is 35.9 Å². The Balaban J connectivity index is 1.47. The summed E-state index contributed by atoms with van der Waals surface area (Å²) in [6, 6.07) is 15.9. The molecule has 1 aliphatic heterocycles. The van der Waals surface area contributed by atoms with E-state index in [0.29, 0.717) is 18.7 Å². The molecule has 1 atom stereocenters. The standard InChI is InChI=1S/C25H25N3O3S/c1-17-21(24(29)26-14-19-9-5-11-30-19)13-23(28(17)15-20-10-6-12-31-20)22-16-32-25(27-22)18-7-3-2-4-8-18/h2-4,6-8,10,12-13,16,19H,5,9,11,14-15H2,1H3,(H,26,29). The second-order valence-corrected chi connectivity index (χ2v) is 8.80. The van der Waals surface area contributed by atoms with Crippen molar-refractivity contribution in [1.82, 2.24) is 14.9 Å². The van der Waals surface area contributed by atoms with E-state index in [1.54, 1.807) is 17.6 Å². The third-order valence-electron chi connectivity index (χ3n) is 5.81. The number of carbonyl (C=O) groups is 1. The molecule has 1 aromatic carbocycles. The van der Waals surface area contributed by atoms with Gasteiger partial charge in [0.1, 0.15) is 10.8 Å². The minimum absolute atomic E-state index is 0.0871. The number of thiazole rings is 1. The van der Waals surface area contributed by atoms with Crippen molar-refractivity contribution in [3.63, 3.8) is 0 Å². The molecular formula is C25H25N3O3S. The molecular weight excluding hydrogens is 422 g/mol. The molecule has 5 rings (SSSR count). The lowest BCUT2D eigenvalue weighted by Gasteiger charge is -2.11. The lowest BCUT2D eigenvalue weighted by atomic mass is 10.2. The Kier molecular flexibility index (Phi) is 5.92. The molecule has 1 fully saturated rings. The van der Waals surface area contributed by atoms with Crippen LogP contribution in [0.2, 0.25) is 0 Å². The van der Waals surface area contributed by atoms with E-state index in [1.165, 1.54) is 0 Å². The smallest absolute Gasteiger partial charge is 0.253 e. The Labute approximate surface area is 190 Å². The van der Waals surface area contributed by atoms with Crippen molar-refractivity contribution in [2.24, 2.45) is 0 Å². The molecule has 0 aliphatic carbocycles. The van der Waals surface area contributed by atoms with Crippen LogP contribution in [-0.4, -0.2) is 34.7 Å².